The molecule has 3 N–H and O–H groups in total. The summed E-state index contributed by atoms with van der Waals surface area (Å²) < 4.78 is 0. The van der Waals surface area contributed by atoms with Crippen LogP contribution < -0.4 is 11.3 Å². The molecule has 3 heteroatoms. The number of nitrogens with zero attached hydrogens (tertiary/aromatic N) is 1. The van der Waals surface area contributed by atoms with Crippen molar-refractivity contribution in [3.63, 3.8) is 0 Å². The summed E-state index contributed by atoms with van der Waals surface area (Å²) in [7, 11) is 0. The van der Waals surface area contributed by atoms with Crippen molar-refractivity contribution < 1.29 is 0 Å². The zero-order valence-electron chi connectivity index (χ0n) is 33.1. The van der Waals surface area contributed by atoms with E-state index in [0.717, 1.165) is 45.7 Å². The van der Waals surface area contributed by atoms with E-state index < -0.39 is 0 Å². The maximum absolute atomic E-state index is 5.17. The highest BCUT2D eigenvalue weighted by atomic mass is 15.2. The molecule has 0 saturated heterocycles. The lowest BCUT2D eigenvalue weighted by Crippen LogP contribution is -2.06. The molecular formula is C47H71N3. The number of hydrogen-bond donors (Lipinski definition) is 2. The van der Waals surface area contributed by atoms with Crippen molar-refractivity contribution in [2.45, 2.75) is 104 Å². The Morgan fingerprint density at radius 2 is 1.32 bits per heavy atom. The molecule has 0 fully saturated rings. The molecule has 0 aliphatic heterocycles. The van der Waals surface area contributed by atoms with Crippen LogP contribution in [-0.2, 0) is 0 Å². The van der Waals surface area contributed by atoms with E-state index in [4.69, 9.17) is 5.84 Å². The first-order chi connectivity index (χ1) is 23.3. The molecule has 0 spiro atoms. The van der Waals surface area contributed by atoms with E-state index >= 15 is 0 Å². The zero-order chi connectivity index (χ0) is 37.8. The van der Waals surface area contributed by atoms with Crippen molar-refractivity contribution in [2.24, 2.45) is 16.8 Å². The summed E-state index contributed by atoms with van der Waals surface area (Å²) in [6.45, 7) is 35.1. The Balaban J connectivity index is -0.000000677. The smallest absolute Gasteiger partial charge is 0.0487 e. The average Bonchev–Trinajstić information content (AvgIpc) is 3.11. The third-order valence-corrected chi connectivity index (χ3v) is 6.94. The van der Waals surface area contributed by atoms with Crippen molar-refractivity contribution in [3.05, 3.63) is 161 Å². The summed E-state index contributed by atoms with van der Waals surface area (Å²) in [5, 5.41) is 0. The van der Waals surface area contributed by atoms with Gasteiger partial charge in [-0.05, 0) is 124 Å². The molecule has 0 heterocycles. The normalized spacial score (nSPS) is 11.3. The third kappa shape index (κ3) is 23.0. The zero-order valence-corrected chi connectivity index (χ0v) is 33.1. The second-order valence-electron chi connectivity index (χ2n) is 11.8. The predicted octanol–water partition coefficient (Wildman–Crippen LogP) is 14.6. The van der Waals surface area contributed by atoms with E-state index in [1.165, 1.54) is 22.3 Å². The van der Waals surface area contributed by atoms with Crippen LogP contribution >= 0.6 is 0 Å². The quantitative estimate of drug-likeness (QED) is 0.0778. The van der Waals surface area contributed by atoms with Crippen LogP contribution in [-0.4, -0.2) is 5.71 Å². The molecule has 0 atom stereocenters. The molecule has 0 amide bonds. The SMILES string of the molecule is C.C/C=C\C.C=C(C)C(C)=N/C=C(C)/C(=C/C(C)C)C(=C)c1cccc(C)c1.CC.CC/C=C(\C)c1ccccc1.Cc1cccc(NN)c1. The van der Waals surface area contributed by atoms with Gasteiger partial charge in [0.25, 0.3) is 0 Å². The largest absolute Gasteiger partial charge is 0.324 e. The molecule has 3 rings (SSSR count). The number of rotatable bonds is 9. The van der Waals surface area contributed by atoms with Gasteiger partial charge in [-0.2, -0.15) is 0 Å². The number of aryl methyl sites for hydroxylation is 2. The number of anilines is 1. The Bertz CT molecular complexity index is 1510. The monoisotopic (exact) mass is 678 g/mol. The first-order valence-electron chi connectivity index (χ1n) is 17.5. The van der Waals surface area contributed by atoms with Crippen molar-refractivity contribution in [2.75, 3.05) is 5.43 Å². The molecule has 3 aromatic carbocycles. The van der Waals surface area contributed by atoms with E-state index in [9.17, 15) is 0 Å². The molecule has 3 nitrogen and oxygen atoms in total. The van der Waals surface area contributed by atoms with Crippen LogP contribution in [0.3, 0.4) is 0 Å². The topological polar surface area (TPSA) is 50.4 Å². The predicted molar refractivity (Wildman–Crippen MR) is 233 cm³/mol. The average molecular weight is 678 g/mol. The second kappa shape index (κ2) is 30.6. The molecule has 274 valence electrons. The summed E-state index contributed by atoms with van der Waals surface area (Å²) >= 11 is 0. The van der Waals surface area contributed by atoms with Gasteiger partial charge in [-0.3, -0.25) is 10.8 Å². The lowest BCUT2D eigenvalue weighted by molar-refractivity contribution is 0.826. The van der Waals surface area contributed by atoms with Gasteiger partial charge in [-0.15, -0.1) is 0 Å². The highest BCUT2D eigenvalue weighted by Crippen LogP contribution is 2.29. The van der Waals surface area contributed by atoms with Gasteiger partial charge in [0.2, 0.25) is 0 Å². The maximum Gasteiger partial charge on any atom is 0.0487 e. The lowest BCUT2D eigenvalue weighted by atomic mass is 9.91. The van der Waals surface area contributed by atoms with Gasteiger partial charge in [-0.1, -0.05) is 152 Å². The first kappa shape index (κ1) is 49.9. The van der Waals surface area contributed by atoms with Gasteiger partial charge in [0.15, 0.2) is 0 Å². The molecule has 0 aromatic heterocycles. The number of nitrogens with one attached hydrogen (secondary N) is 1. The van der Waals surface area contributed by atoms with Crippen molar-refractivity contribution >= 4 is 22.5 Å². The highest BCUT2D eigenvalue weighted by Gasteiger charge is 2.09. The van der Waals surface area contributed by atoms with E-state index in [0.29, 0.717) is 5.92 Å². The Hall–Kier alpha value is -4.47. The molecule has 0 aliphatic rings. The maximum atomic E-state index is 5.17. The number of allylic oxidation sites excluding steroid dienone is 9. The van der Waals surface area contributed by atoms with Crippen molar-refractivity contribution in [1.29, 1.82) is 0 Å². The summed E-state index contributed by atoms with van der Waals surface area (Å²) in [6, 6.07) is 26.8. The minimum atomic E-state index is 0. The number of hydrazine groups is 1. The summed E-state index contributed by atoms with van der Waals surface area (Å²) in [5.41, 5.74) is 15.1. The van der Waals surface area contributed by atoms with Crippen LogP contribution in [0.1, 0.15) is 112 Å². The van der Waals surface area contributed by atoms with Crippen LogP contribution in [0.25, 0.3) is 11.1 Å². The number of hydrogen-bond acceptors (Lipinski definition) is 3. The Morgan fingerprint density at radius 1 is 0.800 bits per heavy atom. The molecule has 0 aliphatic carbocycles. The molecule has 3 aromatic rings. The van der Waals surface area contributed by atoms with Gasteiger partial charge in [0.1, 0.15) is 0 Å². The fourth-order valence-electron chi connectivity index (χ4n) is 4.02. The molecule has 0 saturated carbocycles. The fraction of sp³-hybridized carbons (Fsp3) is 0.340. The Kier molecular flexibility index (Phi) is 30.5. The minimum Gasteiger partial charge on any atom is -0.324 e. The standard InChI is InChI=1S/C22H29N.C11H14.C7H10N2.C4H8.C2H6.CH4/c1-15(2)12-22(18(6)14-23-20(8)16(3)4)19(7)21-11-9-10-17(5)13-21;1-3-7-10(2)11-8-5-4-6-9-11;1-6-3-2-4-7(5-6)9-8;1-3-4-2;1-2;/h9-15H,3,7H2,1-2,4-6,8H3;4-9H,3H2,1-2H3;2-5,9H,8H2,1H3;3-4H,1-2H3;1-2H3;1H4/b18-14+,22-12-,23-20?;10-7+;;4-3-;;. The number of aliphatic imine (C=N–C) groups is 1. The summed E-state index contributed by atoms with van der Waals surface area (Å²) in [6.07, 6.45) is 11.5. The van der Waals surface area contributed by atoms with Crippen LogP contribution in [0.5, 0.6) is 0 Å². The van der Waals surface area contributed by atoms with E-state index in [-0.39, 0.29) is 7.43 Å². The number of nitrogen functional groups attached to an aromatic ring is 1. The Labute approximate surface area is 309 Å². The first-order valence-corrected chi connectivity index (χ1v) is 17.5. The summed E-state index contributed by atoms with van der Waals surface area (Å²) in [4.78, 5) is 4.52. The van der Waals surface area contributed by atoms with Crippen LogP contribution in [0.2, 0.25) is 0 Å². The van der Waals surface area contributed by atoms with E-state index in [2.05, 4.69) is 126 Å². The third-order valence-electron chi connectivity index (χ3n) is 6.94. The van der Waals surface area contributed by atoms with Gasteiger partial charge in [0, 0.05) is 17.6 Å². The van der Waals surface area contributed by atoms with Crippen LogP contribution in [0.15, 0.2) is 144 Å². The molecule has 50 heavy (non-hydrogen) atoms. The molecule has 0 unspecified atom stereocenters. The van der Waals surface area contributed by atoms with Gasteiger partial charge >= 0.3 is 0 Å². The van der Waals surface area contributed by atoms with Gasteiger partial charge in [-0.25, -0.2) is 0 Å². The van der Waals surface area contributed by atoms with Crippen LogP contribution in [0, 0.1) is 19.8 Å². The molecular weight excluding hydrogens is 607 g/mol. The number of nitrogens with two attached hydrogens (primary N) is 1. The molecule has 0 bridgehead atoms. The van der Waals surface area contributed by atoms with Crippen molar-refractivity contribution in [3.8, 4) is 0 Å². The van der Waals surface area contributed by atoms with E-state index in [1.807, 2.05) is 97.1 Å². The minimum absolute atomic E-state index is 0. The second-order valence-corrected chi connectivity index (χ2v) is 11.8. The molecule has 0 radical (unpaired) electrons. The Morgan fingerprint density at radius 3 is 1.74 bits per heavy atom. The fourth-order valence-corrected chi connectivity index (χ4v) is 4.02. The lowest BCUT2D eigenvalue weighted by Gasteiger charge is -2.14. The summed E-state index contributed by atoms with van der Waals surface area (Å²) in [5.74, 6) is 5.61. The van der Waals surface area contributed by atoms with Gasteiger partial charge < -0.3 is 5.43 Å². The van der Waals surface area contributed by atoms with E-state index in [1.54, 1.807) is 0 Å². The highest BCUT2D eigenvalue weighted by molar-refractivity contribution is 5.97. The van der Waals surface area contributed by atoms with Gasteiger partial charge in [0.05, 0.1) is 0 Å². The van der Waals surface area contributed by atoms with Crippen LogP contribution in [0.4, 0.5) is 5.69 Å². The number of benzene rings is 3. The van der Waals surface area contributed by atoms with Crippen molar-refractivity contribution in [1.82, 2.24) is 0 Å².